The van der Waals surface area contributed by atoms with Gasteiger partial charge in [0.25, 0.3) is 0 Å². The van der Waals surface area contributed by atoms with Crippen molar-refractivity contribution in [1.29, 1.82) is 0 Å². The SMILES string of the molecule is C=C(NC(CCC)CCC)c1cnc(C(C)=NC(CC)CC)c(C)c1. The van der Waals surface area contributed by atoms with Gasteiger partial charge in [-0.15, -0.1) is 0 Å². The van der Waals surface area contributed by atoms with Crippen molar-refractivity contribution in [2.45, 2.75) is 92.2 Å². The summed E-state index contributed by atoms with van der Waals surface area (Å²) in [7, 11) is 0. The molecule has 0 radical (unpaired) electrons. The molecule has 25 heavy (non-hydrogen) atoms. The van der Waals surface area contributed by atoms with E-state index in [1.807, 2.05) is 6.20 Å². The van der Waals surface area contributed by atoms with Crippen molar-refractivity contribution in [3.05, 3.63) is 35.7 Å². The summed E-state index contributed by atoms with van der Waals surface area (Å²) in [5, 5.41) is 3.60. The van der Waals surface area contributed by atoms with Crippen molar-refractivity contribution in [1.82, 2.24) is 10.3 Å². The summed E-state index contributed by atoms with van der Waals surface area (Å²) < 4.78 is 0. The molecule has 0 aliphatic carbocycles. The molecule has 0 amide bonds. The quantitative estimate of drug-likeness (QED) is 0.507. The maximum absolute atomic E-state index is 4.83. The minimum absolute atomic E-state index is 0.390. The highest BCUT2D eigenvalue weighted by Crippen LogP contribution is 2.17. The number of nitrogens with zero attached hydrogens (tertiary/aromatic N) is 2. The molecule has 0 bridgehead atoms. The molecule has 1 N–H and O–H groups in total. The second-order valence-electron chi connectivity index (χ2n) is 6.97. The first-order valence-corrected chi connectivity index (χ1v) is 9.93. The molecular weight excluding hydrogens is 306 g/mol. The maximum atomic E-state index is 4.83. The van der Waals surface area contributed by atoms with Gasteiger partial charge in [0.05, 0.1) is 11.4 Å². The van der Waals surface area contributed by atoms with Crippen LogP contribution < -0.4 is 5.32 Å². The Morgan fingerprint density at radius 2 is 1.76 bits per heavy atom. The predicted octanol–water partition coefficient (Wildman–Crippen LogP) is 5.92. The number of aromatic nitrogens is 1. The lowest BCUT2D eigenvalue weighted by atomic mass is 10.0. The summed E-state index contributed by atoms with van der Waals surface area (Å²) in [5.41, 5.74) is 5.25. The van der Waals surface area contributed by atoms with Crippen LogP contribution in [0.25, 0.3) is 5.70 Å². The highest BCUT2D eigenvalue weighted by Gasteiger charge is 2.12. The summed E-state index contributed by atoms with van der Waals surface area (Å²) in [4.78, 5) is 9.52. The number of rotatable bonds is 11. The van der Waals surface area contributed by atoms with Crippen LogP contribution in [-0.4, -0.2) is 22.8 Å². The Morgan fingerprint density at radius 1 is 1.16 bits per heavy atom. The van der Waals surface area contributed by atoms with E-state index in [1.54, 1.807) is 0 Å². The number of hydrogen-bond donors (Lipinski definition) is 1. The fourth-order valence-corrected chi connectivity index (χ4v) is 3.24. The monoisotopic (exact) mass is 343 g/mol. The Morgan fingerprint density at radius 3 is 2.24 bits per heavy atom. The second-order valence-corrected chi connectivity index (χ2v) is 6.97. The number of nitrogens with one attached hydrogen (secondary N) is 1. The van der Waals surface area contributed by atoms with Crippen molar-refractivity contribution in [2.24, 2.45) is 4.99 Å². The average Bonchev–Trinajstić information content (AvgIpc) is 2.59. The van der Waals surface area contributed by atoms with Gasteiger partial charge in [0.2, 0.25) is 0 Å². The van der Waals surface area contributed by atoms with Gasteiger partial charge < -0.3 is 5.32 Å². The fraction of sp³-hybridized carbons (Fsp3) is 0.636. The van der Waals surface area contributed by atoms with Crippen LogP contribution in [0.3, 0.4) is 0 Å². The third-order valence-corrected chi connectivity index (χ3v) is 4.74. The highest BCUT2D eigenvalue weighted by molar-refractivity contribution is 5.98. The molecule has 140 valence electrons. The van der Waals surface area contributed by atoms with Crippen LogP contribution in [0.4, 0.5) is 0 Å². The topological polar surface area (TPSA) is 37.3 Å². The van der Waals surface area contributed by atoms with Crippen LogP contribution >= 0.6 is 0 Å². The van der Waals surface area contributed by atoms with E-state index in [9.17, 15) is 0 Å². The van der Waals surface area contributed by atoms with Crippen LogP contribution in [0.15, 0.2) is 23.8 Å². The van der Waals surface area contributed by atoms with Crippen LogP contribution in [0.1, 0.15) is 90.0 Å². The normalized spacial score (nSPS) is 12.1. The molecule has 0 fully saturated rings. The maximum Gasteiger partial charge on any atom is 0.0866 e. The molecule has 0 unspecified atom stereocenters. The predicted molar refractivity (Wildman–Crippen MR) is 111 cm³/mol. The van der Waals surface area contributed by atoms with Crippen LogP contribution in [-0.2, 0) is 0 Å². The standard InChI is InChI=1S/C22H37N3/c1-8-12-21(13-9-2)24-17(6)19-14-16(5)22(23-15-19)18(7)25-20(10-3)11-4/h14-15,20-21,24H,6,8-13H2,1-5,7H3. The molecule has 1 aromatic heterocycles. The van der Waals surface area contributed by atoms with Gasteiger partial charge in [0.15, 0.2) is 0 Å². The summed E-state index contributed by atoms with van der Waals surface area (Å²) in [6.07, 6.45) is 8.80. The summed E-state index contributed by atoms with van der Waals surface area (Å²) >= 11 is 0. The molecule has 1 heterocycles. The number of pyridine rings is 1. The van der Waals surface area contributed by atoms with Crippen LogP contribution in [0.2, 0.25) is 0 Å². The van der Waals surface area contributed by atoms with E-state index in [1.165, 1.54) is 25.7 Å². The number of aryl methyl sites for hydroxylation is 1. The van der Waals surface area contributed by atoms with E-state index in [0.717, 1.165) is 41.1 Å². The zero-order chi connectivity index (χ0) is 18.8. The van der Waals surface area contributed by atoms with Crippen molar-refractivity contribution in [3.63, 3.8) is 0 Å². The summed E-state index contributed by atoms with van der Waals surface area (Å²) in [6.45, 7) is 17.3. The van der Waals surface area contributed by atoms with Crippen molar-refractivity contribution >= 4 is 11.4 Å². The Kier molecular flexibility index (Phi) is 9.48. The molecule has 0 spiro atoms. The Labute approximate surface area is 155 Å². The van der Waals surface area contributed by atoms with Gasteiger partial charge in [-0.25, -0.2) is 0 Å². The molecular formula is C22H37N3. The van der Waals surface area contributed by atoms with Crippen molar-refractivity contribution < 1.29 is 0 Å². The van der Waals surface area contributed by atoms with Crippen molar-refractivity contribution in [2.75, 3.05) is 0 Å². The summed E-state index contributed by atoms with van der Waals surface area (Å²) in [5.74, 6) is 0. The minimum Gasteiger partial charge on any atom is -0.382 e. The van der Waals surface area contributed by atoms with E-state index in [0.29, 0.717) is 12.1 Å². The third-order valence-electron chi connectivity index (χ3n) is 4.74. The molecule has 0 saturated heterocycles. The van der Waals surface area contributed by atoms with E-state index in [-0.39, 0.29) is 0 Å². The molecule has 0 aliphatic rings. The highest BCUT2D eigenvalue weighted by atomic mass is 14.9. The van der Waals surface area contributed by atoms with Crippen LogP contribution in [0, 0.1) is 6.92 Å². The van der Waals surface area contributed by atoms with Gasteiger partial charge in [0.1, 0.15) is 0 Å². The first kappa shape index (κ1) is 21.4. The molecule has 1 rings (SSSR count). The molecule has 0 aliphatic heterocycles. The van der Waals surface area contributed by atoms with Gasteiger partial charge in [-0.05, 0) is 51.2 Å². The zero-order valence-electron chi connectivity index (χ0n) is 17.2. The lowest BCUT2D eigenvalue weighted by molar-refractivity contribution is 0.502. The van der Waals surface area contributed by atoms with Gasteiger partial charge in [-0.1, -0.05) is 47.1 Å². The van der Waals surface area contributed by atoms with Crippen molar-refractivity contribution in [3.8, 4) is 0 Å². The Bertz CT molecular complexity index is 565. The lowest BCUT2D eigenvalue weighted by Crippen LogP contribution is -2.27. The van der Waals surface area contributed by atoms with Gasteiger partial charge in [0, 0.05) is 29.5 Å². The summed E-state index contributed by atoms with van der Waals surface area (Å²) in [6, 6.07) is 3.07. The lowest BCUT2D eigenvalue weighted by Gasteiger charge is -2.21. The molecule has 3 nitrogen and oxygen atoms in total. The molecule has 0 saturated carbocycles. The first-order chi connectivity index (χ1) is 12.0. The second kappa shape index (κ2) is 11.1. The van der Waals surface area contributed by atoms with Crippen LogP contribution in [0.5, 0.6) is 0 Å². The molecule has 3 heteroatoms. The average molecular weight is 344 g/mol. The molecule has 0 aromatic carbocycles. The largest absolute Gasteiger partial charge is 0.382 e. The Hall–Kier alpha value is -1.64. The minimum atomic E-state index is 0.390. The molecule has 1 aromatic rings. The van der Waals surface area contributed by atoms with E-state index >= 15 is 0 Å². The third kappa shape index (κ3) is 6.64. The zero-order valence-corrected chi connectivity index (χ0v) is 17.2. The van der Waals surface area contributed by atoms with Gasteiger partial charge >= 0.3 is 0 Å². The van der Waals surface area contributed by atoms with E-state index < -0.39 is 0 Å². The van der Waals surface area contributed by atoms with Gasteiger partial charge in [-0.2, -0.15) is 0 Å². The fourth-order valence-electron chi connectivity index (χ4n) is 3.24. The first-order valence-electron chi connectivity index (χ1n) is 9.93. The number of aliphatic imine (C=N–C) groups is 1. The smallest absolute Gasteiger partial charge is 0.0866 e. The molecule has 0 atom stereocenters. The van der Waals surface area contributed by atoms with Gasteiger partial charge in [-0.3, -0.25) is 9.98 Å². The number of hydrogen-bond acceptors (Lipinski definition) is 3. The van der Waals surface area contributed by atoms with E-state index in [2.05, 4.69) is 64.5 Å². The van der Waals surface area contributed by atoms with E-state index in [4.69, 9.17) is 4.99 Å². The Balaban J connectivity index is 2.92.